The number of hydrogen-bond donors (Lipinski definition) is 1. The average Bonchev–Trinajstić information content (AvgIpc) is 3.48. The third-order valence-electron chi connectivity index (χ3n) is 5.85. The Hall–Kier alpha value is -2.12. The first kappa shape index (κ1) is 19.2. The zero-order chi connectivity index (χ0) is 19.6. The molecule has 1 aromatic heterocycles. The quantitative estimate of drug-likeness (QED) is 0.812. The van der Waals surface area contributed by atoms with E-state index in [0.717, 1.165) is 51.6 Å². The number of piperazine rings is 1. The predicted molar refractivity (Wildman–Crippen MR) is 103 cm³/mol. The van der Waals surface area contributed by atoms with Crippen molar-refractivity contribution in [1.82, 2.24) is 14.8 Å². The lowest BCUT2D eigenvalue weighted by Gasteiger charge is -2.40. The van der Waals surface area contributed by atoms with Crippen molar-refractivity contribution < 1.29 is 13.2 Å². The van der Waals surface area contributed by atoms with Gasteiger partial charge in [0.25, 0.3) is 0 Å². The van der Waals surface area contributed by atoms with Crippen LogP contribution in [-0.2, 0) is 12.7 Å². The van der Waals surface area contributed by atoms with Crippen LogP contribution in [0.15, 0.2) is 48.8 Å². The summed E-state index contributed by atoms with van der Waals surface area (Å²) in [7, 11) is 0. The molecule has 2 heterocycles. The van der Waals surface area contributed by atoms with Crippen LogP contribution in [0.3, 0.4) is 0 Å². The Labute approximate surface area is 163 Å². The van der Waals surface area contributed by atoms with E-state index in [1.807, 2.05) is 6.07 Å². The van der Waals surface area contributed by atoms with Crippen LogP contribution in [0.2, 0.25) is 0 Å². The van der Waals surface area contributed by atoms with Gasteiger partial charge in [-0.1, -0.05) is 30.3 Å². The van der Waals surface area contributed by atoms with Crippen molar-refractivity contribution in [3.63, 3.8) is 0 Å². The minimum Gasteiger partial charge on any atom is -0.381 e. The topological polar surface area (TPSA) is 31.4 Å². The second-order valence-electron chi connectivity index (χ2n) is 7.75. The Morgan fingerprint density at radius 2 is 1.71 bits per heavy atom. The molecule has 0 atom stereocenters. The first-order valence-corrected chi connectivity index (χ1v) is 9.73. The van der Waals surface area contributed by atoms with Gasteiger partial charge in [0.05, 0.1) is 17.4 Å². The summed E-state index contributed by atoms with van der Waals surface area (Å²) in [4.78, 5) is 8.75. The van der Waals surface area contributed by atoms with Crippen molar-refractivity contribution in [3.8, 4) is 0 Å². The smallest absolute Gasteiger partial charge is 0.381 e. The molecule has 0 radical (unpaired) electrons. The molecule has 1 aliphatic heterocycles. The van der Waals surface area contributed by atoms with Gasteiger partial charge in [-0.25, -0.2) is 0 Å². The van der Waals surface area contributed by atoms with Crippen LogP contribution in [0.4, 0.5) is 18.9 Å². The van der Waals surface area contributed by atoms with Gasteiger partial charge in [-0.15, -0.1) is 0 Å². The van der Waals surface area contributed by atoms with Crippen LogP contribution in [0.1, 0.15) is 24.0 Å². The number of halogens is 3. The molecule has 0 amide bonds. The van der Waals surface area contributed by atoms with E-state index in [1.54, 1.807) is 0 Å². The number of nitrogens with one attached hydrogen (secondary N) is 1. The summed E-state index contributed by atoms with van der Waals surface area (Å²) >= 11 is 0. The third-order valence-corrected chi connectivity index (χ3v) is 5.85. The van der Waals surface area contributed by atoms with Crippen molar-refractivity contribution in [2.75, 3.05) is 38.0 Å². The second kappa shape index (κ2) is 7.72. The fraction of sp³-hybridized carbons (Fsp3) is 0.476. The van der Waals surface area contributed by atoms with E-state index in [2.05, 4.69) is 44.4 Å². The monoisotopic (exact) mass is 390 g/mol. The Kier molecular flexibility index (Phi) is 5.29. The molecule has 1 N–H and O–H groups in total. The number of nitrogens with zero attached hydrogens (tertiary/aromatic N) is 3. The molecule has 4 rings (SSSR count). The maximum Gasteiger partial charge on any atom is 0.418 e. The molecule has 0 unspecified atom stereocenters. The van der Waals surface area contributed by atoms with Crippen LogP contribution in [0.25, 0.3) is 0 Å². The van der Waals surface area contributed by atoms with Crippen molar-refractivity contribution in [2.24, 2.45) is 0 Å². The van der Waals surface area contributed by atoms with Gasteiger partial charge >= 0.3 is 6.18 Å². The number of alkyl halides is 3. The van der Waals surface area contributed by atoms with Gasteiger partial charge in [-0.05, 0) is 24.5 Å². The van der Waals surface area contributed by atoms with E-state index in [0.29, 0.717) is 6.54 Å². The van der Waals surface area contributed by atoms with Crippen molar-refractivity contribution >= 4 is 5.69 Å². The minimum absolute atomic E-state index is 0.0163. The van der Waals surface area contributed by atoms with Gasteiger partial charge in [0.2, 0.25) is 0 Å². The summed E-state index contributed by atoms with van der Waals surface area (Å²) in [5.74, 6) is 0. The lowest BCUT2D eigenvalue weighted by atomic mass is 10.1. The van der Waals surface area contributed by atoms with Crippen molar-refractivity contribution in [3.05, 3.63) is 59.9 Å². The summed E-state index contributed by atoms with van der Waals surface area (Å²) in [6, 6.07) is 11.5. The van der Waals surface area contributed by atoms with Crippen molar-refractivity contribution in [2.45, 2.75) is 31.1 Å². The van der Waals surface area contributed by atoms with Gasteiger partial charge in [0.15, 0.2) is 0 Å². The number of aromatic nitrogens is 1. The number of anilines is 1. The fourth-order valence-corrected chi connectivity index (χ4v) is 4.01. The summed E-state index contributed by atoms with van der Waals surface area (Å²) in [5, 5.41) is 3.03. The fourth-order valence-electron chi connectivity index (χ4n) is 4.01. The predicted octanol–water partition coefficient (Wildman–Crippen LogP) is 3.86. The molecule has 1 aromatic carbocycles. The molecule has 0 bridgehead atoms. The van der Waals surface area contributed by atoms with E-state index in [1.165, 1.54) is 18.0 Å². The molecule has 4 nitrogen and oxygen atoms in total. The highest BCUT2D eigenvalue weighted by Gasteiger charge is 2.48. The van der Waals surface area contributed by atoms with Crippen LogP contribution in [0.5, 0.6) is 0 Å². The average molecular weight is 390 g/mol. The first-order chi connectivity index (χ1) is 13.5. The summed E-state index contributed by atoms with van der Waals surface area (Å²) in [5.41, 5.74) is 0.724. The van der Waals surface area contributed by atoms with Crippen LogP contribution in [-0.4, -0.2) is 53.0 Å². The standard InChI is InChI=1S/C21H25F3N4/c22-21(23,24)18-6-9-25-14-19(18)26-16-20(7-8-20)28-12-10-27(11-13-28)15-17-4-2-1-3-5-17/h1-6,9,14,26H,7-8,10-13,15-16H2. The Morgan fingerprint density at radius 3 is 2.36 bits per heavy atom. The Balaban J connectivity index is 1.32. The molecular weight excluding hydrogens is 365 g/mol. The molecule has 0 spiro atoms. The van der Waals surface area contributed by atoms with Gasteiger partial charge < -0.3 is 5.32 Å². The molecule has 1 saturated carbocycles. The van der Waals surface area contributed by atoms with Crippen LogP contribution < -0.4 is 5.32 Å². The lowest BCUT2D eigenvalue weighted by molar-refractivity contribution is -0.137. The maximum absolute atomic E-state index is 13.2. The number of pyridine rings is 1. The summed E-state index contributed by atoms with van der Waals surface area (Å²) < 4.78 is 39.5. The number of hydrogen-bond acceptors (Lipinski definition) is 4. The van der Waals surface area contributed by atoms with Crippen LogP contribution in [0, 0.1) is 0 Å². The molecule has 1 aliphatic carbocycles. The Bertz CT molecular complexity index is 782. The van der Waals surface area contributed by atoms with E-state index < -0.39 is 11.7 Å². The van der Waals surface area contributed by atoms with Crippen molar-refractivity contribution in [1.29, 1.82) is 0 Å². The minimum atomic E-state index is -4.37. The van der Waals surface area contributed by atoms with E-state index in [-0.39, 0.29) is 11.2 Å². The van der Waals surface area contributed by atoms with Crippen LogP contribution >= 0.6 is 0 Å². The normalized spacial score (nSPS) is 20.1. The largest absolute Gasteiger partial charge is 0.418 e. The zero-order valence-electron chi connectivity index (χ0n) is 15.8. The van der Waals surface area contributed by atoms with E-state index >= 15 is 0 Å². The molecule has 2 fully saturated rings. The Morgan fingerprint density at radius 1 is 1.00 bits per heavy atom. The summed E-state index contributed by atoms with van der Waals surface area (Å²) in [6.45, 7) is 5.35. The molecule has 1 saturated heterocycles. The lowest BCUT2D eigenvalue weighted by Crippen LogP contribution is -2.53. The first-order valence-electron chi connectivity index (χ1n) is 9.73. The zero-order valence-corrected chi connectivity index (χ0v) is 15.8. The highest BCUT2D eigenvalue weighted by Crippen LogP contribution is 2.43. The molecule has 2 aromatic rings. The molecule has 150 valence electrons. The number of benzene rings is 1. The summed E-state index contributed by atoms with van der Waals surface area (Å²) in [6.07, 6.45) is 0.148. The van der Waals surface area contributed by atoms with Gasteiger partial charge in [0, 0.05) is 51.0 Å². The highest BCUT2D eigenvalue weighted by atomic mass is 19.4. The molecule has 2 aliphatic rings. The molecule has 7 heteroatoms. The second-order valence-corrected chi connectivity index (χ2v) is 7.75. The maximum atomic E-state index is 13.2. The van der Waals surface area contributed by atoms with Gasteiger partial charge in [-0.2, -0.15) is 13.2 Å². The SMILES string of the molecule is FC(F)(F)c1ccncc1NCC1(N2CCN(Cc3ccccc3)CC2)CC1. The molecule has 28 heavy (non-hydrogen) atoms. The highest BCUT2D eigenvalue weighted by molar-refractivity contribution is 5.51. The van der Waals surface area contributed by atoms with E-state index in [9.17, 15) is 13.2 Å². The van der Waals surface area contributed by atoms with Gasteiger partial charge in [0.1, 0.15) is 0 Å². The van der Waals surface area contributed by atoms with Gasteiger partial charge in [-0.3, -0.25) is 14.8 Å². The molecular formula is C21H25F3N4. The third kappa shape index (κ3) is 4.31. The number of rotatable bonds is 6. The van der Waals surface area contributed by atoms with E-state index in [4.69, 9.17) is 0 Å².